The second-order valence-electron chi connectivity index (χ2n) is 10.8. The molecule has 0 aliphatic carbocycles. The van der Waals surface area contributed by atoms with Crippen LogP contribution in [0.15, 0.2) is 49.1 Å². The molecule has 3 heterocycles. The van der Waals surface area contributed by atoms with Crippen molar-refractivity contribution in [2.75, 3.05) is 19.7 Å². The van der Waals surface area contributed by atoms with Gasteiger partial charge in [-0.05, 0) is 51.9 Å². The smallest absolute Gasteiger partial charge is 0.390 e. The Bertz CT molecular complexity index is 1490. The number of aromatic amines is 1. The van der Waals surface area contributed by atoms with E-state index < -0.39 is 17.5 Å². The quantitative estimate of drug-likeness (QED) is 0.156. The Morgan fingerprint density at radius 2 is 1.74 bits per heavy atom. The summed E-state index contributed by atoms with van der Waals surface area (Å²) < 4.78 is 50.5. The van der Waals surface area contributed by atoms with Crippen molar-refractivity contribution in [1.29, 1.82) is 0 Å². The molecule has 0 saturated heterocycles. The van der Waals surface area contributed by atoms with E-state index in [-0.39, 0.29) is 36.3 Å². The number of benzene rings is 1. The maximum Gasteiger partial charge on any atom is 0.433 e. The number of hydrogen-bond acceptors (Lipinski definition) is 6. The Hall–Kier alpha value is -3.25. The van der Waals surface area contributed by atoms with Crippen molar-refractivity contribution in [3.05, 3.63) is 65.3 Å². The zero-order valence-electron chi connectivity index (χ0n) is 25.0. The normalized spacial score (nSPS) is 13.2. The monoisotopic (exact) mass is 618 g/mol. The Morgan fingerprint density at radius 3 is 2.35 bits per heavy atom. The van der Waals surface area contributed by atoms with Gasteiger partial charge in [-0.25, -0.2) is 9.97 Å². The van der Waals surface area contributed by atoms with Gasteiger partial charge in [0.05, 0.1) is 28.1 Å². The lowest BCUT2D eigenvalue weighted by molar-refractivity contribution is -0.144. The van der Waals surface area contributed by atoms with E-state index in [2.05, 4.69) is 38.8 Å². The topological polar surface area (TPSA) is 92.1 Å². The van der Waals surface area contributed by atoms with Crippen molar-refractivity contribution < 1.29 is 23.0 Å². The minimum atomic E-state index is -4.72. The summed E-state index contributed by atoms with van der Waals surface area (Å²) >= 11 is 7.04. The molecule has 0 aliphatic rings. The summed E-state index contributed by atoms with van der Waals surface area (Å²) in [7, 11) is 0. The Kier molecular flexibility index (Phi) is 10.3. The number of nitrogens with one attached hydrogen (secondary N) is 1. The largest absolute Gasteiger partial charge is 0.433 e. The fraction of sp³-hybridized carbons (Fsp3) is 0.452. The molecule has 3 aromatic heterocycles. The van der Waals surface area contributed by atoms with Gasteiger partial charge in [-0.15, -0.1) is 0 Å². The van der Waals surface area contributed by atoms with Gasteiger partial charge in [0.2, 0.25) is 0 Å². The third kappa shape index (κ3) is 7.46. The lowest BCUT2D eigenvalue weighted by Crippen LogP contribution is -2.38. The van der Waals surface area contributed by atoms with Gasteiger partial charge >= 0.3 is 6.18 Å². The van der Waals surface area contributed by atoms with Gasteiger partial charge < -0.3 is 14.8 Å². The number of hydrogen-bond donors (Lipinski definition) is 2. The van der Waals surface area contributed by atoms with Crippen LogP contribution >= 0.6 is 11.6 Å². The molecule has 1 unspecified atom stereocenters. The van der Waals surface area contributed by atoms with Gasteiger partial charge in [0.15, 0.2) is 11.5 Å². The molecular formula is C31H38ClF3N6O2. The van der Waals surface area contributed by atoms with Crippen LogP contribution in [0.1, 0.15) is 52.3 Å². The zero-order chi connectivity index (χ0) is 31.4. The van der Waals surface area contributed by atoms with E-state index in [9.17, 15) is 18.3 Å². The maximum atomic E-state index is 14.5. The van der Waals surface area contributed by atoms with E-state index in [1.807, 2.05) is 25.1 Å². The lowest BCUT2D eigenvalue weighted by atomic mass is 9.96. The number of rotatable bonds is 13. The molecule has 0 amide bonds. The van der Waals surface area contributed by atoms with Crippen molar-refractivity contribution in [2.24, 2.45) is 0 Å². The first-order valence-electron chi connectivity index (χ1n) is 14.4. The zero-order valence-corrected chi connectivity index (χ0v) is 25.8. The van der Waals surface area contributed by atoms with E-state index >= 15 is 0 Å². The van der Waals surface area contributed by atoms with Crippen LogP contribution in [0.4, 0.5) is 13.2 Å². The van der Waals surface area contributed by atoms with Crippen LogP contribution in [0.5, 0.6) is 0 Å². The van der Waals surface area contributed by atoms with Gasteiger partial charge in [-0.3, -0.25) is 9.58 Å². The second kappa shape index (κ2) is 13.6. The SMILES string of the molecule is CCOC(Cc1cccc(-c2c[nH]c(-c3cnn(CCC(C)(C)O)c3C(F)(F)F)c2-c2ncccn2)c1Cl)N(CC)CC. The molecule has 8 nitrogen and oxygen atoms in total. The van der Waals surface area contributed by atoms with E-state index in [4.69, 9.17) is 16.3 Å². The minimum absolute atomic E-state index is 0.0838. The summed E-state index contributed by atoms with van der Waals surface area (Å²) in [6.45, 7) is 11.2. The van der Waals surface area contributed by atoms with Crippen molar-refractivity contribution in [1.82, 2.24) is 29.6 Å². The third-order valence-corrected chi connectivity index (χ3v) is 7.77. The van der Waals surface area contributed by atoms with E-state index in [0.29, 0.717) is 34.7 Å². The standard InChI is InChI=1S/C31H38ClF3N6O2/c1-6-40(7-2)24(43-8-3)17-20-11-9-12-21(26(20)32)22-18-38-27(25(22)29-36-14-10-15-37-29)23-19-39-41(16-13-30(4,5)42)28(23)31(33,34)35/h9-12,14-15,18-19,24,38,42H,6-8,13,16-17H2,1-5H3. The number of aromatic nitrogens is 5. The molecule has 0 aliphatic heterocycles. The highest BCUT2D eigenvalue weighted by Gasteiger charge is 2.40. The predicted molar refractivity (Wildman–Crippen MR) is 161 cm³/mol. The summed E-state index contributed by atoms with van der Waals surface area (Å²) in [6, 6.07) is 7.28. The van der Waals surface area contributed by atoms with E-state index in [1.54, 1.807) is 26.1 Å². The Balaban J connectivity index is 1.87. The molecule has 232 valence electrons. The molecular weight excluding hydrogens is 581 g/mol. The number of nitrogens with zero attached hydrogens (tertiary/aromatic N) is 5. The molecule has 0 radical (unpaired) electrons. The summed E-state index contributed by atoms with van der Waals surface area (Å²) in [6.07, 6.45) is 1.60. The van der Waals surface area contributed by atoms with Crippen LogP contribution in [0.3, 0.4) is 0 Å². The van der Waals surface area contributed by atoms with Gasteiger partial charge in [0.25, 0.3) is 0 Å². The predicted octanol–water partition coefficient (Wildman–Crippen LogP) is 7.08. The van der Waals surface area contributed by atoms with Gasteiger partial charge in [-0.2, -0.15) is 18.3 Å². The number of H-pyrrole nitrogens is 1. The number of likely N-dealkylation sites (N-methyl/N-ethyl adjacent to an activating group) is 1. The lowest BCUT2D eigenvalue weighted by Gasteiger charge is -2.29. The maximum absolute atomic E-state index is 14.5. The highest BCUT2D eigenvalue weighted by atomic mass is 35.5. The van der Waals surface area contributed by atoms with Crippen LogP contribution in [-0.2, 0) is 23.9 Å². The molecule has 12 heteroatoms. The van der Waals surface area contributed by atoms with E-state index in [0.717, 1.165) is 23.3 Å². The summed E-state index contributed by atoms with van der Waals surface area (Å²) in [4.78, 5) is 14.0. The number of aliphatic hydroxyl groups is 1. The van der Waals surface area contributed by atoms with Gasteiger partial charge in [0, 0.05) is 54.9 Å². The molecule has 2 N–H and O–H groups in total. The third-order valence-electron chi connectivity index (χ3n) is 7.32. The number of aryl methyl sites for hydroxylation is 1. The highest BCUT2D eigenvalue weighted by molar-refractivity contribution is 6.34. The summed E-state index contributed by atoms with van der Waals surface area (Å²) in [5, 5.41) is 14.7. The average molecular weight is 619 g/mol. The fourth-order valence-electron chi connectivity index (χ4n) is 5.18. The Labute approximate surface area is 254 Å². The van der Waals surface area contributed by atoms with Crippen molar-refractivity contribution >= 4 is 11.6 Å². The first-order chi connectivity index (χ1) is 20.4. The average Bonchev–Trinajstić information content (AvgIpc) is 3.58. The van der Waals surface area contributed by atoms with Crippen LogP contribution in [0.25, 0.3) is 33.8 Å². The molecule has 1 aromatic carbocycles. The molecule has 4 aromatic rings. The molecule has 0 bridgehead atoms. The number of halogens is 4. The first kappa shape index (κ1) is 32.7. The first-order valence-corrected chi connectivity index (χ1v) is 14.7. The van der Waals surface area contributed by atoms with Gasteiger partial charge in [0.1, 0.15) is 6.23 Å². The Morgan fingerprint density at radius 1 is 1.05 bits per heavy atom. The second-order valence-corrected chi connectivity index (χ2v) is 11.2. The molecule has 0 saturated carbocycles. The van der Waals surface area contributed by atoms with E-state index in [1.165, 1.54) is 18.6 Å². The van der Waals surface area contributed by atoms with Crippen LogP contribution < -0.4 is 0 Å². The van der Waals surface area contributed by atoms with Crippen molar-refractivity contribution in [3.8, 4) is 33.8 Å². The fourth-order valence-corrected chi connectivity index (χ4v) is 5.48. The molecule has 0 spiro atoms. The number of alkyl halides is 3. The highest BCUT2D eigenvalue weighted by Crippen LogP contribution is 2.45. The van der Waals surface area contributed by atoms with Crippen LogP contribution in [-0.4, -0.2) is 66.3 Å². The van der Waals surface area contributed by atoms with Crippen molar-refractivity contribution in [2.45, 2.75) is 72.0 Å². The van der Waals surface area contributed by atoms with Crippen LogP contribution in [0, 0.1) is 0 Å². The summed E-state index contributed by atoms with van der Waals surface area (Å²) in [5.41, 5.74) is 0.331. The number of ether oxygens (including phenoxy) is 1. The van der Waals surface area contributed by atoms with Gasteiger partial charge in [-0.1, -0.05) is 43.6 Å². The summed E-state index contributed by atoms with van der Waals surface area (Å²) in [5.74, 6) is 0.239. The molecule has 4 rings (SSSR count). The molecule has 43 heavy (non-hydrogen) atoms. The van der Waals surface area contributed by atoms with Crippen molar-refractivity contribution in [3.63, 3.8) is 0 Å². The molecule has 1 atom stereocenters. The minimum Gasteiger partial charge on any atom is -0.390 e. The molecule has 0 fully saturated rings. The van der Waals surface area contributed by atoms with Crippen LogP contribution in [0.2, 0.25) is 5.02 Å².